The number of aryl methyl sites for hydroxylation is 1. The monoisotopic (exact) mass is 178 g/mol. The Morgan fingerprint density at radius 1 is 1.46 bits per heavy atom. The summed E-state index contributed by atoms with van der Waals surface area (Å²) >= 11 is 0. The second-order valence-corrected chi connectivity index (χ2v) is 2.63. The van der Waals surface area contributed by atoms with Crippen LogP contribution in [0.2, 0.25) is 0 Å². The number of aromatic nitrogens is 4. The van der Waals surface area contributed by atoms with E-state index in [1.807, 2.05) is 13.8 Å². The first-order valence-electron chi connectivity index (χ1n) is 4.11. The normalized spacial score (nSPS) is 10.6. The minimum Gasteiger partial charge on any atom is -0.464 e. The molecule has 2 aromatic rings. The predicted molar refractivity (Wildman–Crippen MR) is 47.6 cm³/mol. The Bertz CT molecular complexity index is 423. The first-order chi connectivity index (χ1) is 6.31. The Balaban J connectivity index is 2.56. The molecule has 0 spiro atoms. The Kier molecular flexibility index (Phi) is 1.84. The number of ether oxygens (including phenoxy) is 1. The quantitative estimate of drug-likeness (QED) is 0.746. The van der Waals surface area contributed by atoms with Gasteiger partial charge in [-0.2, -0.15) is 9.97 Å². The van der Waals surface area contributed by atoms with E-state index in [1.54, 1.807) is 6.33 Å². The second-order valence-electron chi connectivity index (χ2n) is 2.63. The Labute approximate surface area is 75.2 Å². The number of aromatic amines is 1. The van der Waals surface area contributed by atoms with Gasteiger partial charge in [0.2, 0.25) is 0 Å². The molecule has 5 heteroatoms. The van der Waals surface area contributed by atoms with Crippen molar-refractivity contribution in [2.45, 2.75) is 13.8 Å². The topological polar surface area (TPSA) is 63.7 Å². The lowest BCUT2D eigenvalue weighted by atomic mass is 10.4. The van der Waals surface area contributed by atoms with Crippen LogP contribution < -0.4 is 4.74 Å². The van der Waals surface area contributed by atoms with Crippen molar-refractivity contribution in [3.8, 4) is 6.01 Å². The van der Waals surface area contributed by atoms with Crippen LogP contribution >= 0.6 is 0 Å². The zero-order valence-electron chi connectivity index (χ0n) is 7.53. The van der Waals surface area contributed by atoms with Gasteiger partial charge in [0.15, 0.2) is 5.65 Å². The van der Waals surface area contributed by atoms with Crippen molar-refractivity contribution in [2.24, 2.45) is 0 Å². The summed E-state index contributed by atoms with van der Waals surface area (Å²) in [5, 5.41) is 0. The maximum Gasteiger partial charge on any atom is 0.318 e. The molecule has 2 aromatic heterocycles. The van der Waals surface area contributed by atoms with Crippen molar-refractivity contribution in [3.05, 3.63) is 12.0 Å². The van der Waals surface area contributed by atoms with E-state index in [2.05, 4.69) is 19.9 Å². The first kappa shape index (κ1) is 7.97. The molecule has 0 saturated heterocycles. The third kappa shape index (κ3) is 1.32. The molecule has 0 aliphatic rings. The van der Waals surface area contributed by atoms with Crippen molar-refractivity contribution in [3.63, 3.8) is 0 Å². The molecular formula is C8H10N4O. The predicted octanol–water partition coefficient (Wildman–Crippen LogP) is 1.06. The van der Waals surface area contributed by atoms with E-state index in [9.17, 15) is 0 Å². The van der Waals surface area contributed by atoms with Crippen LogP contribution in [0.25, 0.3) is 11.2 Å². The van der Waals surface area contributed by atoms with Crippen molar-refractivity contribution in [1.82, 2.24) is 19.9 Å². The molecule has 0 aromatic carbocycles. The maximum absolute atomic E-state index is 5.19. The number of imidazole rings is 1. The number of nitrogens with one attached hydrogen (secondary N) is 1. The molecule has 0 aliphatic heterocycles. The molecule has 68 valence electrons. The third-order valence-corrected chi connectivity index (χ3v) is 1.72. The van der Waals surface area contributed by atoms with Gasteiger partial charge >= 0.3 is 6.01 Å². The molecule has 2 rings (SSSR count). The van der Waals surface area contributed by atoms with Gasteiger partial charge in [-0.05, 0) is 13.8 Å². The summed E-state index contributed by atoms with van der Waals surface area (Å²) in [4.78, 5) is 15.3. The maximum atomic E-state index is 5.19. The molecule has 0 bridgehead atoms. The van der Waals surface area contributed by atoms with Gasteiger partial charge in [-0.25, -0.2) is 4.98 Å². The smallest absolute Gasteiger partial charge is 0.318 e. The van der Waals surface area contributed by atoms with E-state index in [-0.39, 0.29) is 0 Å². The minimum atomic E-state index is 0.389. The first-order valence-corrected chi connectivity index (χ1v) is 4.11. The van der Waals surface area contributed by atoms with Crippen LogP contribution in [-0.4, -0.2) is 26.5 Å². The van der Waals surface area contributed by atoms with Gasteiger partial charge < -0.3 is 9.72 Å². The average Bonchev–Trinajstić information content (AvgIpc) is 2.53. The van der Waals surface area contributed by atoms with Gasteiger partial charge in [-0.1, -0.05) is 0 Å². The summed E-state index contributed by atoms with van der Waals surface area (Å²) in [6.07, 6.45) is 1.60. The fraction of sp³-hybridized carbons (Fsp3) is 0.375. The number of hydrogen-bond donors (Lipinski definition) is 1. The number of fused-ring (bicyclic) bond motifs is 1. The Morgan fingerprint density at radius 3 is 3.08 bits per heavy atom. The zero-order chi connectivity index (χ0) is 9.26. The molecule has 0 radical (unpaired) electrons. The van der Waals surface area contributed by atoms with E-state index in [4.69, 9.17) is 4.74 Å². The van der Waals surface area contributed by atoms with Gasteiger partial charge in [0.25, 0.3) is 0 Å². The van der Waals surface area contributed by atoms with Gasteiger partial charge in [0, 0.05) is 0 Å². The molecule has 5 nitrogen and oxygen atoms in total. The fourth-order valence-electron chi connectivity index (χ4n) is 1.15. The largest absolute Gasteiger partial charge is 0.464 e. The standard InChI is InChI=1S/C8H10N4O/c1-3-13-8-11-5(2)6-7(12-8)10-4-9-6/h4H,3H2,1-2H3,(H,9,10,11,12). The lowest BCUT2D eigenvalue weighted by Gasteiger charge is -2.01. The summed E-state index contributed by atoms with van der Waals surface area (Å²) < 4.78 is 5.19. The van der Waals surface area contributed by atoms with Crippen molar-refractivity contribution in [2.75, 3.05) is 6.61 Å². The lowest BCUT2D eigenvalue weighted by Crippen LogP contribution is -1.99. The van der Waals surface area contributed by atoms with Gasteiger partial charge in [-0.15, -0.1) is 0 Å². The van der Waals surface area contributed by atoms with Crippen LogP contribution in [0.3, 0.4) is 0 Å². The molecule has 0 aliphatic carbocycles. The summed E-state index contributed by atoms with van der Waals surface area (Å²) in [6, 6.07) is 0.389. The second kappa shape index (κ2) is 3.01. The van der Waals surface area contributed by atoms with Crippen LogP contribution in [-0.2, 0) is 0 Å². The summed E-state index contributed by atoms with van der Waals surface area (Å²) in [6.45, 7) is 4.35. The summed E-state index contributed by atoms with van der Waals surface area (Å²) in [7, 11) is 0. The Hall–Kier alpha value is -1.65. The van der Waals surface area contributed by atoms with Gasteiger partial charge in [0.05, 0.1) is 18.6 Å². The minimum absolute atomic E-state index is 0.389. The molecule has 2 heterocycles. The van der Waals surface area contributed by atoms with Gasteiger partial charge in [0.1, 0.15) is 5.52 Å². The zero-order valence-corrected chi connectivity index (χ0v) is 7.53. The average molecular weight is 178 g/mol. The molecule has 0 unspecified atom stereocenters. The van der Waals surface area contributed by atoms with Gasteiger partial charge in [-0.3, -0.25) is 0 Å². The third-order valence-electron chi connectivity index (χ3n) is 1.72. The molecular weight excluding hydrogens is 168 g/mol. The SMILES string of the molecule is CCOc1nc(C)c2[nH]cnc2n1. The van der Waals surface area contributed by atoms with Crippen molar-refractivity contribution in [1.29, 1.82) is 0 Å². The molecule has 1 N–H and O–H groups in total. The fourth-order valence-corrected chi connectivity index (χ4v) is 1.15. The Morgan fingerprint density at radius 2 is 2.31 bits per heavy atom. The van der Waals surface area contributed by atoms with E-state index >= 15 is 0 Å². The number of rotatable bonds is 2. The van der Waals surface area contributed by atoms with E-state index in [0.29, 0.717) is 18.3 Å². The highest BCUT2D eigenvalue weighted by atomic mass is 16.5. The van der Waals surface area contributed by atoms with Crippen molar-refractivity contribution >= 4 is 11.2 Å². The molecule has 0 amide bonds. The van der Waals surface area contributed by atoms with Crippen LogP contribution in [0.5, 0.6) is 6.01 Å². The van der Waals surface area contributed by atoms with E-state index in [1.165, 1.54) is 0 Å². The number of H-pyrrole nitrogens is 1. The van der Waals surface area contributed by atoms with Crippen molar-refractivity contribution < 1.29 is 4.74 Å². The summed E-state index contributed by atoms with van der Waals surface area (Å²) in [5.41, 5.74) is 2.37. The van der Waals surface area contributed by atoms with E-state index < -0.39 is 0 Å². The van der Waals surface area contributed by atoms with Crippen LogP contribution in [0, 0.1) is 6.92 Å². The van der Waals surface area contributed by atoms with Crippen LogP contribution in [0.15, 0.2) is 6.33 Å². The molecule has 0 fully saturated rings. The number of hydrogen-bond acceptors (Lipinski definition) is 4. The highest BCUT2D eigenvalue weighted by molar-refractivity contribution is 5.72. The number of nitrogens with zero attached hydrogens (tertiary/aromatic N) is 3. The summed E-state index contributed by atoms with van der Waals surface area (Å²) in [5.74, 6) is 0. The van der Waals surface area contributed by atoms with E-state index in [0.717, 1.165) is 11.2 Å². The highest BCUT2D eigenvalue weighted by Crippen LogP contribution is 2.13. The lowest BCUT2D eigenvalue weighted by molar-refractivity contribution is 0.313. The molecule has 0 saturated carbocycles. The van der Waals surface area contributed by atoms with Crippen LogP contribution in [0.4, 0.5) is 0 Å². The molecule has 13 heavy (non-hydrogen) atoms. The molecule has 0 atom stereocenters. The van der Waals surface area contributed by atoms with Crippen LogP contribution in [0.1, 0.15) is 12.6 Å². The highest BCUT2D eigenvalue weighted by Gasteiger charge is 2.05.